The largest absolute Gasteiger partial charge is 0.478 e. The summed E-state index contributed by atoms with van der Waals surface area (Å²) in [6.07, 6.45) is 0.910. The first-order valence-corrected chi connectivity index (χ1v) is 6.23. The zero-order valence-electron chi connectivity index (χ0n) is 9.93. The second-order valence-corrected chi connectivity index (χ2v) is 4.64. The number of carboxylic acid groups (broad SMARTS) is 1. The second-order valence-electron chi connectivity index (χ2n) is 3.78. The molecule has 0 fully saturated rings. The number of amides is 1. The Bertz CT molecular complexity index is 674. The number of aromatic nitrogens is 1. The van der Waals surface area contributed by atoms with E-state index in [1.807, 2.05) is 0 Å². The van der Waals surface area contributed by atoms with Gasteiger partial charge >= 0.3 is 5.97 Å². The summed E-state index contributed by atoms with van der Waals surface area (Å²) in [7, 11) is 0. The van der Waals surface area contributed by atoms with Crippen molar-refractivity contribution in [2.75, 3.05) is 5.32 Å². The van der Waals surface area contributed by atoms with Gasteiger partial charge in [0, 0.05) is 4.47 Å². The summed E-state index contributed by atoms with van der Waals surface area (Å²) < 4.78 is 13.2. The second kappa shape index (κ2) is 5.79. The molecule has 0 aliphatic rings. The maximum absolute atomic E-state index is 12.7. The quantitative estimate of drug-likeness (QED) is 0.901. The van der Waals surface area contributed by atoms with Crippen molar-refractivity contribution in [2.45, 2.75) is 0 Å². The molecule has 0 aliphatic heterocycles. The van der Waals surface area contributed by atoms with E-state index >= 15 is 0 Å². The molecule has 1 heterocycles. The Morgan fingerprint density at radius 3 is 2.60 bits per heavy atom. The number of aromatic carboxylic acids is 1. The van der Waals surface area contributed by atoms with Crippen LogP contribution >= 0.6 is 15.9 Å². The molecule has 2 aromatic rings. The van der Waals surface area contributed by atoms with Gasteiger partial charge in [-0.2, -0.15) is 0 Å². The fraction of sp³-hybridized carbons (Fsp3) is 0. The molecule has 1 aromatic heterocycles. The Kier molecular flexibility index (Phi) is 4.09. The Morgan fingerprint density at radius 2 is 2.00 bits per heavy atom. The molecule has 0 unspecified atom stereocenters. The average Bonchev–Trinajstić information content (AvgIpc) is 2.41. The predicted octanol–water partition coefficient (Wildman–Crippen LogP) is 2.93. The molecule has 2 rings (SSSR count). The van der Waals surface area contributed by atoms with Gasteiger partial charge in [0.1, 0.15) is 11.5 Å². The van der Waals surface area contributed by atoms with Crippen LogP contribution in [0.1, 0.15) is 20.8 Å². The average molecular weight is 339 g/mol. The Hall–Kier alpha value is -2.28. The molecule has 0 atom stereocenters. The molecule has 0 spiro atoms. The number of carbonyl (C=O) groups is 2. The molecule has 0 saturated carbocycles. The standard InChI is InChI=1S/C13H8BrFN2O3/c14-9-3-1-2-8(13(19)20)11(9)17-12(18)10-5-4-7(15)6-16-10/h1-6H,(H,17,18)(H,19,20). The lowest BCUT2D eigenvalue weighted by Gasteiger charge is -2.10. The summed E-state index contributed by atoms with van der Waals surface area (Å²) in [5.41, 5.74) is 0.0458. The number of nitrogens with zero attached hydrogens (tertiary/aromatic N) is 1. The predicted molar refractivity (Wildman–Crippen MR) is 73.2 cm³/mol. The van der Waals surface area contributed by atoms with E-state index in [0.29, 0.717) is 4.47 Å². The summed E-state index contributed by atoms with van der Waals surface area (Å²) in [5.74, 6) is -2.36. The van der Waals surface area contributed by atoms with Crippen LogP contribution in [0.25, 0.3) is 0 Å². The van der Waals surface area contributed by atoms with Crippen LogP contribution in [0.15, 0.2) is 41.0 Å². The summed E-state index contributed by atoms with van der Waals surface area (Å²) >= 11 is 3.17. The van der Waals surface area contributed by atoms with E-state index in [2.05, 4.69) is 26.2 Å². The highest BCUT2D eigenvalue weighted by Gasteiger charge is 2.16. The Morgan fingerprint density at radius 1 is 1.25 bits per heavy atom. The number of anilines is 1. The summed E-state index contributed by atoms with van der Waals surface area (Å²) in [4.78, 5) is 26.7. The number of benzene rings is 1. The van der Waals surface area contributed by atoms with Crippen molar-refractivity contribution in [2.24, 2.45) is 0 Å². The molecule has 1 aromatic carbocycles. The Labute approximate surface area is 121 Å². The maximum atomic E-state index is 12.7. The van der Waals surface area contributed by atoms with Crippen LogP contribution in [0.2, 0.25) is 0 Å². The third-order valence-electron chi connectivity index (χ3n) is 2.44. The number of rotatable bonds is 3. The summed E-state index contributed by atoms with van der Waals surface area (Å²) in [6, 6.07) is 6.81. The van der Waals surface area contributed by atoms with E-state index in [4.69, 9.17) is 5.11 Å². The maximum Gasteiger partial charge on any atom is 0.337 e. The third-order valence-corrected chi connectivity index (χ3v) is 3.10. The van der Waals surface area contributed by atoms with Crippen LogP contribution in [0, 0.1) is 5.82 Å². The van der Waals surface area contributed by atoms with Gasteiger partial charge in [-0.25, -0.2) is 14.2 Å². The topological polar surface area (TPSA) is 79.3 Å². The van der Waals surface area contributed by atoms with E-state index in [-0.39, 0.29) is 16.9 Å². The molecule has 5 nitrogen and oxygen atoms in total. The number of hydrogen-bond acceptors (Lipinski definition) is 3. The zero-order chi connectivity index (χ0) is 14.7. The van der Waals surface area contributed by atoms with Crippen molar-refractivity contribution in [1.29, 1.82) is 0 Å². The van der Waals surface area contributed by atoms with Gasteiger partial charge in [0.2, 0.25) is 0 Å². The van der Waals surface area contributed by atoms with Crippen molar-refractivity contribution in [1.82, 2.24) is 4.98 Å². The molecule has 1 amide bonds. The monoisotopic (exact) mass is 338 g/mol. The molecular formula is C13H8BrFN2O3. The smallest absolute Gasteiger partial charge is 0.337 e. The van der Waals surface area contributed by atoms with E-state index in [9.17, 15) is 14.0 Å². The molecule has 0 radical (unpaired) electrons. The van der Waals surface area contributed by atoms with E-state index in [1.165, 1.54) is 12.1 Å². The molecule has 102 valence electrons. The molecule has 0 bridgehead atoms. The zero-order valence-corrected chi connectivity index (χ0v) is 11.5. The van der Waals surface area contributed by atoms with Gasteiger partial charge in [-0.3, -0.25) is 4.79 Å². The first-order valence-electron chi connectivity index (χ1n) is 5.44. The number of carbonyl (C=O) groups excluding carboxylic acids is 1. The highest BCUT2D eigenvalue weighted by atomic mass is 79.9. The van der Waals surface area contributed by atoms with E-state index in [1.54, 1.807) is 12.1 Å². The molecule has 0 saturated heterocycles. The number of carboxylic acids is 1. The fourth-order valence-corrected chi connectivity index (χ4v) is 1.98. The van der Waals surface area contributed by atoms with Crippen LogP contribution in [0.3, 0.4) is 0 Å². The van der Waals surface area contributed by atoms with Crippen molar-refractivity contribution < 1.29 is 19.1 Å². The third kappa shape index (κ3) is 3.00. The lowest BCUT2D eigenvalue weighted by Crippen LogP contribution is -2.16. The minimum atomic E-state index is -1.17. The van der Waals surface area contributed by atoms with Crippen LogP contribution in [0.4, 0.5) is 10.1 Å². The number of pyridine rings is 1. The molecular weight excluding hydrogens is 331 g/mol. The summed E-state index contributed by atoms with van der Waals surface area (Å²) in [6.45, 7) is 0. The van der Waals surface area contributed by atoms with Crippen LogP contribution in [-0.4, -0.2) is 22.0 Å². The lowest BCUT2D eigenvalue weighted by molar-refractivity contribution is 0.0698. The van der Waals surface area contributed by atoms with Crippen molar-refractivity contribution in [3.63, 3.8) is 0 Å². The molecule has 2 N–H and O–H groups in total. The molecule has 7 heteroatoms. The van der Waals surface area contributed by atoms with Gasteiger partial charge in [-0.1, -0.05) is 6.07 Å². The van der Waals surface area contributed by atoms with Gasteiger partial charge in [0.25, 0.3) is 5.91 Å². The van der Waals surface area contributed by atoms with Crippen molar-refractivity contribution in [3.8, 4) is 0 Å². The summed E-state index contributed by atoms with van der Waals surface area (Å²) in [5, 5.41) is 11.5. The fourth-order valence-electron chi connectivity index (χ4n) is 1.52. The van der Waals surface area contributed by atoms with Gasteiger partial charge in [0.05, 0.1) is 17.4 Å². The highest BCUT2D eigenvalue weighted by molar-refractivity contribution is 9.10. The number of hydrogen-bond donors (Lipinski definition) is 2. The minimum absolute atomic E-state index is 0.0153. The normalized spacial score (nSPS) is 10.1. The highest BCUT2D eigenvalue weighted by Crippen LogP contribution is 2.26. The Balaban J connectivity index is 2.32. The first-order chi connectivity index (χ1) is 9.49. The number of para-hydroxylation sites is 1. The SMILES string of the molecule is O=C(Nc1c(Br)cccc1C(=O)O)c1ccc(F)cn1. The van der Waals surface area contributed by atoms with E-state index < -0.39 is 17.7 Å². The van der Waals surface area contributed by atoms with Crippen molar-refractivity contribution >= 4 is 33.5 Å². The van der Waals surface area contributed by atoms with Crippen LogP contribution in [-0.2, 0) is 0 Å². The number of halogens is 2. The van der Waals surface area contributed by atoms with E-state index in [0.717, 1.165) is 12.3 Å². The van der Waals surface area contributed by atoms with Gasteiger partial charge in [0.15, 0.2) is 0 Å². The van der Waals surface area contributed by atoms with Crippen LogP contribution < -0.4 is 5.32 Å². The number of nitrogens with one attached hydrogen (secondary N) is 1. The van der Waals surface area contributed by atoms with Gasteiger partial charge in [-0.05, 0) is 40.2 Å². The van der Waals surface area contributed by atoms with Crippen molar-refractivity contribution in [3.05, 3.63) is 58.1 Å². The molecule has 20 heavy (non-hydrogen) atoms. The van der Waals surface area contributed by atoms with Gasteiger partial charge < -0.3 is 10.4 Å². The molecule has 0 aliphatic carbocycles. The first kappa shape index (κ1) is 14.1. The lowest BCUT2D eigenvalue weighted by atomic mass is 10.1. The minimum Gasteiger partial charge on any atom is -0.478 e. The van der Waals surface area contributed by atoms with Crippen LogP contribution in [0.5, 0.6) is 0 Å². The van der Waals surface area contributed by atoms with Gasteiger partial charge in [-0.15, -0.1) is 0 Å².